The molecule has 1 saturated heterocycles. The van der Waals surface area contributed by atoms with Crippen molar-refractivity contribution in [2.24, 2.45) is 35.0 Å². The van der Waals surface area contributed by atoms with E-state index in [1.807, 2.05) is 60.5 Å². The van der Waals surface area contributed by atoms with Crippen LogP contribution in [0.3, 0.4) is 0 Å². The van der Waals surface area contributed by atoms with E-state index < -0.39 is 93.9 Å². The number of likely N-dealkylation sites (tertiary alicyclic amines) is 1. The van der Waals surface area contributed by atoms with E-state index in [0.717, 1.165) is 57.9 Å². The fourth-order valence-electron chi connectivity index (χ4n) is 11.4. The Morgan fingerprint density at radius 1 is 0.624 bits per heavy atom. The smallest absolute Gasteiger partial charge is 0.255 e. The van der Waals surface area contributed by atoms with Crippen LogP contribution in [0.25, 0.3) is 0 Å². The molecule has 21 nitrogen and oxygen atoms in total. The number of likely N-dealkylation sites (N-methyl/N-ethyl adjacent to an activating group) is 1. The summed E-state index contributed by atoms with van der Waals surface area (Å²) < 4.78 is 13.7. The second-order valence-electron chi connectivity index (χ2n) is 27.6. The fourth-order valence-corrected chi connectivity index (χ4v) is 11.4. The predicted octanol–water partition coefficient (Wildman–Crippen LogP) is 5.11. The lowest BCUT2D eigenvalue weighted by Crippen LogP contribution is -2.63. The van der Waals surface area contributed by atoms with E-state index >= 15 is 0 Å². The molecule has 1 aromatic rings. The topological polar surface area (TPSA) is 285 Å². The highest BCUT2D eigenvalue weighted by atomic mass is 19.1. The minimum Gasteiger partial charge on any atom is -0.355 e. The summed E-state index contributed by atoms with van der Waals surface area (Å²) in [5, 5.41) is 25.7. The third-order valence-electron chi connectivity index (χ3n) is 16.4. The quantitative estimate of drug-likeness (QED) is 0.0428. The van der Waals surface area contributed by atoms with Crippen LogP contribution in [-0.2, 0) is 43.2 Å². The van der Waals surface area contributed by atoms with Gasteiger partial charge in [0, 0.05) is 38.2 Å². The Hall–Kier alpha value is -6.19. The molecule has 4 rings (SSSR count). The molecule has 3 fully saturated rings. The molecule has 0 spiro atoms. The molecule has 5 atom stereocenters. The maximum atomic E-state index is 14.5. The monoisotopic (exact) mass is 1190 g/mol. The zero-order valence-electron chi connectivity index (χ0n) is 53.5. The number of hydrogen-bond donors (Lipinski definition) is 9. The number of amides is 10. The number of rotatable bonds is 32. The second kappa shape index (κ2) is 32.0. The number of carbonyl (C=O) groups is 10. The van der Waals surface area contributed by atoms with Crippen LogP contribution in [0.2, 0.25) is 0 Å². The van der Waals surface area contributed by atoms with Gasteiger partial charge in [-0.15, -0.1) is 0 Å². The molecule has 1 aliphatic heterocycles. The summed E-state index contributed by atoms with van der Waals surface area (Å²) in [5.74, 6) is -7.19. The largest absolute Gasteiger partial charge is 0.355 e. The summed E-state index contributed by atoms with van der Waals surface area (Å²) in [7, 11) is 3.93. The van der Waals surface area contributed by atoms with Gasteiger partial charge in [0.05, 0.1) is 11.0 Å². The molecule has 0 bridgehead atoms. The van der Waals surface area contributed by atoms with Gasteiger partial charge in [0.15, 0.2) is 0 Å². The van der Waals surface area contributed by atoms with Crippen LogP contribution in [0.5, 0.6) is 0 Å². The van der Waals surface area contributed by atoms with Gasteiger partial charge in [0.1, 0.15) is 47.1 Å². The molecule has 0 radical (unpaired) electrons. The Balaban J connectivity index is 1.40. The Labute approximate surface area is 504 Å². The molecule has 10 amide bonds. The van der Waals surface area contributed by atoms with Crippen LogP contribution in [0.15, 0.2) is 24.3 Å². The number of carbonyl (C=O) groups excluding carboxylic acids is 10. The van der Waals surface area contributed by atoms with Crippen molar-refractivity contribution in [2.45, 2.75) is 227 Å². The maximum absolute atomic E-state index is 14.5. The highest BCUT2D eigenvalue weighted by Crippen LogP contribution is 2.33. The Morgan fingerprint density at radius 2 is 1.15 bits per heavy atom. The minimum absolute atomic E-state index is 0.0890. The van der Waals surface area contributed by atoms with Crippen LogP contribution in [0.1, 0.15) is 196 Å². The van der Waals surface area contributed by atoms with Crippen LogP contribution in [0.4, 0.5) is 4.39 Å². The van der Waals surface area contributed by atoms with Crippen molar-refractivity contribution in [3.05, 3.63) is 35.6 Å². The first-order chi connectivity index (χ1) is 39.6. The number of hydrogen-bond acceptors (Lipinski definition) is 11. The fraction of sp³-hybridized carbons (Fsp3) is 0.746. The van der Waals surface area contributed by atoms with Crippen LogP contribution in [-0.4, -0.2) is 150 Å². The van der Waals surface area contributed by atoms with Crippen molar-refractivity contribution in [3.63, 3.8) is 0 Å². The molecule has 9 N–H and O–H groups in total. The van der Waals surface area contributed by atoms with Gasteiger partial charge in [0.25, 0.3) is 5.91 Å². The van der Waals surface area contributed by atoms with Gasteiger partial charge in [-0.25, -0.2) is 4.39 Å². The van der Waals surface area contributed by atoms with Gasteiger partial charge in [0.2, 0.25) is 53.2 Å². The van der Waals surface area contributed by atoms with Crippen molar-refractivity contribution in [1.82, 2.24) is 57.7 Å². The molecule has 0 unspecified atom stereocenters. The Kier molecular flexibility index (Phi) is 26.8. The minimum atomic E-state index is -1.66. The van der Waals surface area contributed by atoms with E-state index in [0.29, 0.717) is 31.7 Å². The maximum Gasteiger partial charge on any atom is 0.255 e. The zero-order valence-corrected chi connectivity index (χ0v) is 53.5. The molecule has 1 aromatic carbocycles. The van der Waals surface area contributed by atoms with E-state index in [1.165, 1.54) is 56.9 Å². The SMILES string of the molecule is CC(C)C[C@H](NC(=O)[C@H](CCC1CCCCC1)C(=O)N[C@@H]1CCCN1C(=O)c1ccc(F)cc1)C(=O)NC(C)(C)C(=O)N[C@@H](CC(C)C)C(=O)N[C@@H](CC(C)C)C(=O)NC(C)(C)C(=O)NCC(C)(C)C(=O)NCCC(=O)NC1(CN(C)C)CCC1. The summed E-state index contributed by atoms with van der Waals surface area (Å²) >= 11 is 0. The second-order valence-corrected chi connectivity index (χ2v) is 27.6. The normalized spacial score (nSPS) is 17.9. The number of nitrogens with zero attached hydrogens (tertiary/aromatic N) is 2. The molecule has 2 saturated carbocycles. The van der Waals surface area contributed by atoms with Gasteiger partial charge >= 0.3 is 0 Å². The standard InChI is InChI=1S/C63H104FN11O10/c1-39(2)34-46(53(79)68-48(36-41(5)6)55(81)72-61(9,10)58(84)66-37-60(7,8)57(83)65-32-29-50(76)71-63(30-19-31-63)38-74(13)14)69-59(85)62(11,12)73-54(80)47(35-40(3)4)67-51(77)45(28-23-42-20-16-15-17-21-42)52(78)70-49-22-18-33-75(49)56(82)43-24-26-44(64)27-25-43/h24-27,39-42,45-49H,15-23,28-38H2,1-14H3,(H,65,83)(H,66,84)(H,67,77)(H,68,79)(H,69,85)(H,70,78)(H,71,76)(H,72,81)(H,73,80)/t45-,46-,47-,48-,49-/m0/s1. The first-order valence-corrected chi connectivity index (χ1v) is 31.1. The molecule has 478 valence electrons. The molecule has 85 heavy (non-hydrogen) atoms. The van der Waals surface area contributed by atoms with E-state index in [2.05, 4.69) is 47.9 Å². The van der Waals surface area contributed by atoms with Gasteiger partial charge in [-0.3, -0.25) is 47.9 Å². The first-order valence-electron chi connectivity index (χ1n) is 31.1. The van der Waals surface area contributed by atoms with Crippen molar-refractivity contribution < 1.29 is 52.3 Å². The molecule has 1 heterocycles. The number of nitrogens with one attached hydrogen (secondary N) is 9. The number of benzene rings is 1. The predicted molar refractivity (Wildman–Crippen MR) is 324 cm³/mol. The average Bonchev–Trinajstić information content (AvgIpc) is 4.12. The van der Waals surface area contributed by atoms with Crippen molar-refractivity contribution >= 4 is 59.1 Å². The van der Waals surface area contributed by atoms with Gasteiger partial charge in [-0.1, -0.05) is 73.6 Å². The lowest BCUT2D eigenvalue weighted by Gasteiger charge is -2.44. The van der Waals surface area contributed by atoms with Crippen molar-refractivity contribution in [3.8, 4) is 0 Å². The summed E-state index contributed by atoms with van der Waals surface area (Å²) in [5.41, 5.74) is -4.24. The van der Waals surface area contributed by atoms with Crippen molar-refractivity contribution in [1.29, 1.82) is 0 Å². The van der Waals surface area contributed by atoms with Crippen molar-refractivity contribution in [2.75, 3.05) is 40.3 Å². The van der Waals surface area contributed by atoms with E-state index in [4.69, 9.17) is 0 Å². The van der Waals surface area contributed by atoms with Gasteiger partial charge in [-0.2, -0.15) is 0 Å². The highest BCUT2D eigenvalue weighted by Gasteiger charge is 2.42. The number of halogens is 1. The first kappa shape index (κ1) is 71.3. The highest BCUT2D eigenvalue weighted by molar-refractivity contribution is 6.03. The molecular weight excluding hydrogens is 1090 g/mol. The lowest BCUT2D eigenvalue weighted by molar-refractivity contribution is -0.140. The van der Waals surface area contributed by atoms with E-state index in [9.17, 15) is 52.3 Å². The third kappa shape index (κ3) is 22.6. The molecular formula is C63H104FN11O10. The van der Waals surface area contributed by atoms with E-state index in [-0.39, 0.29) is 91.8 Å². The molecule has 22 heteroatoms. The third-order valence-corrected chi connectivity index (χ3v) is 16.4. The van der Waals surface area contributed by atoms with Gasteiger partial charge in [-0.05, 0) is 168 Å². The lowest BCUT2D eigenvalue weighted by atomic mass is 9.76. The van der Waals surface area contributed by atoms with Gasteiger partial charge < -0.3 is 57.7 Å². The summed E-state index contributed by atoms with van der Waals surface area (Å²) in [6.07, 6.45) is 9.79. The van der Waals surface area contributed by atoms with Crippen LogP contribution >= 0.6 is 0 Å². The molecule has 3 aliphatic rings. The molecule has 2 aliphatic carbocycles. The van der Waals surface area contributed by atoms with Crippen LogP contribution in [0, 0.1) is 40.8 Å². The van der Waals surface area contributed by atoms with E-state index in [1.54, 1.807) is 13.8 Å². The summed E-state index contributed by atoms with van der Waals surface area (Å²) in [4.78, 5) is 143. The Morgan fingerprint density at radius 3 is 1.67 bits per heavy atom. The zero-order chi connectivity index (χ0) is 63.6. The summed E-state index contributed by atoms with van der Waals surface area (Å²) in [6, 6.07) is 1.68. The summed E-state index contributed by atoms with van der Waals surface area (Å²) in [6.45, 7) is 21.6. The Bertz CT molecular complexity index is 2470. The molecule has 0 aromatic heterocycles. The van der Waals surface area contributed by atoms with Crippen LogP contribution < -0.4 is 47.9 Å². The average molecular weight is 1190 g/mol.